The number of carbonyl (C=O) groups excluding carboxylic acids is 1. The molecule has 0 saturated heterocycles. The minimum absolute atomic E-state index is 0.0146. The zero-order chi connectivity index (χ0) is 19.6. The first-order valence-electron chi connectivity index (χ1n) is 8.20. The van der Waals surface area contributed by atoms with Crippen molar-refractivity contribution in [1.29, 1.82) is 0 Å². The van der Waals surface area contributed by atoms with Crippen molar-refractivity contribution in [2.45, 2.75) is 31.2 Å². The largest absolute Gasteiger partial charge is 0.401 e. The van der Waals surface area contributed by atoms with E-state index in [0.29, 0.717) is 11.3 Å². The minimum Gasteiger partial charge on any atom is -0.401 e. The van der Waals surface area contributed by atoms with Gasteiger partial charge in [0.2, 0.25) is 5.91 Å². The fraction of sp³-hybridized carbons (Fsp3) is 0.294. The Balaban J connectivity index is 1.67. The van der Waals surface area contributed by atoms with Gasteiger partial charge in [-0.3, -0.25) is 14.8 Å². The molecule has 0 fully saturated rings. The summed E-state index contributed by atoms with van der Waals surface area (Å²) >= 11 is 0. The van der Waals surface area contributed by atoms with Crippen LogP contribution in [0.15, 0.2) is 45.8 Å². The molecular weight excluding hydrogens is 370 g/mol. The van der Waals surface area contributed by atoms with Gasteiger partial charge in [-0.15, -0.1) is 5.10 Å². The first-order valence-corrected chi connectivity index (χ1v) is 10.1. The lowest BCUT2D eigenvalue weighted by Gasteiger charge is -2.07. The lowest BCUT2D eigenvalue weighted by Crippen LogP contribution is -2.14. The molecule has 2 heterocycles. The van der Waals surface area contributed by atoms with E-state index in [0.717, 1.165) is 6.26 Å². The second-order valence-corrected chi connectivity index (χ2v) is 8.32. The second kappa shape index (κ2) is 7.31. The summed E-state index contributed by atoms with van der Waals surface area (Å²) < 4.78 is 30.2. The Hall–Kier alpha value is -3.01. The minimum atomic E-state index is -3.27. The van der Waals surface area contributed by atoms with E-state index in [2.05, 4.69) is 20.6 Å². The van der Waals surface area contributed by atoms with Crippen molar-refractivity contribution in [3.8, 4) is 11.6 Å². The van der Waals surface area contributed by atoms with Crippen molar-refractivity contribution >= 4 is 21.8 Å². The van der Waals surface area contributed by atoms with Gasteiger partial charge in [0, 0.05) is 18.5 Å². The van der Waals surface area contributed by atoms with Crippen LogP contribution in [0, 0.1) is 0 Å². The van der Waals surface area contributed by atoms with Gasteiger partial charge in [0.1, 0.15) is 5.69 Å². The molecular formula is C17H19N5O4S. The fourth-order valence-electron chi connectivity index (χ4n) is 2.48. The van der Waals surface area contributed by atoms with E-state index >= 15 is 0 Å². The van der Waals surface area contributed by atoms with Crippen LogP contribution in [0.1, 0.15) is 25.5 Å². The molecule has 0 saturated carbocycles. The van der Waals surface area contributed by atoms with Gasteiger partial charge in [-0.1, -0.05) is 17.2 Å². The standard InChI is InChI=1S/C17H19N5O4S/c1-11(2)22-14(8-9-18-22)16-20-21-17(26-16)19-15(23)10-12-4-6-13(7-5-12)27(3,24)25/h4-9,11H,10H2,1-3H3,(H,19,21,23). The summed E-state index contributed by atoms with van der Waals surface area (Å²) in [7, 11) is -3.27. The third-order valence-electron chi connectivity index (χ3n) is 3.77. The van der Waals surface area contributed by atoms with Gasteiger partial charge in [0.25, 0.3) is 5.89 Å². The molecule has 0 spiro atoms. The maximum atomic E-state index is 12.2. The highest BCUT2D eigenvalue weighted by Gasteiger charge is 2.16. The normalized spacial score (nSPS) is 11.7. The van der Waals surface area contributed by atoms with Crippen LogP contribution in [-0.2, 0) is 21.1 Å². The van der Waals surface area contributed by atoms with Crippen molar-refractivity contribution in [2.24, 2.45) is 0 Å². The number of anilines is 1. The predicted octanol–water partition coefficient (Wildman–Crippen LogP) is 2.10. The molecule has 3 aromatic rings. The monoisotopic (exact) mass is 389 g/mol. The number of carbonyl (C=O) groups is 1. The van der Waals surface area contributed by atoms with E-state index < -0.39 is 9.84 Å². The van der Waals surface area contributed by atoms with Crippen molar-refractivity contribution in [2.75, 3.05) is 11.6 Å². The van der Waals surface area contributed by atoms with E-state index in [1.807, 2.05) is 13.8 Å². The topological polar surface area (TPSA) is 120 Å². The van der Waals surface area contributed by atoms with Gasteiger partial charge >= 0.3 is 6.01 Å². The number of hydrogen-bond donors (Lipinski definition) is 1. The SMILES string of the molecule is CC(C)n1nccc1-c1nnc(NC(=O)Cc2ccc(S(C)(=O)=O)cc2)o1. The van der Waals surface area contributed by atoms with Crippen LogP contribution in [0.25, 0.3) is 11.6 Å². The van der Waals surface area contributed by atoms with Gasteiger partial charge in [-0.25, -0.2) is 8.42 Å². The molecule has 27 heavy (non-hydrogen) atoms. The molecule has 0 atom stereocenters. The molecule has 1 aromatic carbocycles. The van der Waals surface area contributed by atoms with E-state index in [1.54, 1.807) is 29.1 Å². The van der Waals surface area contributed by atoms with Crippen LogP contribution in [0.3, 0.4) is 0 Å². The van der Waals surface area contributed by atoms with E-state index in [4.69, 9.17) is 4.42 Å². The number of benzene rings is 1. The fourth-order valence-corrected chi connectivity index (χ4v) is 3.11. The number of hydrogen-bond acceptors (Lipinski definition) is 7. The summed E-state index contributed by atoms with van der Waals surface area (Å²) in [5.74, 6) is -0.0938. The number of nitrogens with one attached hydrogen (secondary N) is 1. The zero-order valence-electron chi connectivity index (χ0n) is 15.1. The van der Waals surface area contributed by atoms with Gasteiger partial charge in [-0.05, 0) is 37.6 Å². The first-order chi connectivity index (χ1) is 12.7. The Kier molecular flexibility index (Phi) is 5.08. The van der Waals surface area contributed by atoms with E-state index in [-0.39, 0.29) is 35.2 Å². The Morgan fingerprint density at radius 3 is 2.52 bits per heavy atom. The summed E-state index contributed by atoms with van der Waals surface area (Å²) in [4.78, 5) is 12.4. The molecule has 1 N–H and O–H groups in total. The number of sulfone groups is 1. The number of amides is 1. The Morgan fingerprint density at radius 1 is 1.19 bits per heavy atom. The summed E-state index contributed by atoms with van der Waals surface area (Å²) in [6.07, 6.45) is 2.82. The molecule has 0 aliphatic rings. The molecule has 10 heteroatoms. The molecule has 0 unspecified atom stereocenters. The molecule has 0 bridgehead atoms. The third-order valence-corrected chi connectivity index (χ3v) is 4.89. The molecule has 2 aromatic heterocycles. The van der Waals surface area contributed by atoms with Crippen LogP contribution in [0.4, 0.5) is 6.01 Å². The van der Waals surface area contributed by atoms with Gasteiger partial charge in [0.15, 0.2) is 9.84 Å². The maximum Gasteiger partial charge on any atom is 0.322 e. The molecule has 0 aliphatic carbocycles. The van der Waals surface area contributed by atoms with Gasteiger partial charge in [0.05, 0.1) is 11.3 Å². The predicted molar refractivity (Wildman–Crippen MR) is 97.8 cm³/mol. The third kappa shape index (κ3) is 4.40. The van der Waals surface area contributed by atoms with Crippen molar-refractivity contribution < 1.29 is 17.6 Å². The van der Waals surface area contributed by atoms with Crippen LogP contribution < -0.4 is 5.32 Å². The summed E-state index contributed by atoms with van der Waals surface area (Å²) in [6, 6.07) is 7.98. The van der Waals surface area contributed by atoms with Crippen LogP contribution >= 0.6 is 0 Å². The van der Waals surface area contributed by atoms with E-state index in [1.165, 1.54) is 12.1 Å². The number of aromatic nitrogens is 4. The first kappa shape index (κ1) is 18.8. The average molecular weight is 389 g/mol. The Bertz CT molecular complexity index is 1050. The molecule has 142 valence electrons. The highest BCUT2D eigenvalue weighted by Crippen LogP contribution is 2.22. The van der Waals surface area contributed by atoms with Crippen molar-refractivity contribution in [3.63, 3.8) is 0 Å². The lowest BCUT2D eigenvalue weighted by atomic mass is 10.1. The molecule has 3 rings (SSSR count). The quantitative estimate of drug-likeness (QED) is 0.685. The molecule has 0 radical (unpaired) electrons. The average Bonchev–Trinajstić information content (AvgIpc) is 3.23. The van der Waals surface area contributed by atoms with Crippen LogP contribution in [0.2, 0.25) is 0 Å². The maximum absolute atomic E-state index is 12.2. The highest BCUT2D eigenvalue weighted by atomic mass is 32.2. The van der Waals surface area contributed by atoms with Crippen LogP contribution in [0.5, 0.6) is 0 Å². The second-order valence-electron chi connectivity index (χ2n) is 6.31. The molecule has 1 amide bonds. The molecule has 0 aliphatic heterocycles. The van der Waals surface area contributed by atoms with Crippen LogP contribution in [-0.4, -0.2) is 40.6 Å². The van der Waals surface area contributed by atoms with Gasteiger partial charge < -0.3 is 4.42 Å². The smallest absolute Gasteiger partial charge is 0.322 e. The number of nitrogens with zero attached hydrogens (tertiary/aromatic N) is 4. The highest BCUT2D eigenvalue weighted by molar-refractivity contribution is 7.90. The number of rotatable bonds is 6. The lowest BCUT2D eigenvalue weighted by molar-refractivity contribution is -0.115. The Morgan fingerprint density at radius 2 is 1.89 bits per heavy atom. The zero-order valence-corrected chi connectivity index (χ0v) is 15.9. The summed E-state index contributed by atoms with van der Waals surface area (Å²) in [6.45, 7) is 3.95. The van der Waals surface area contributed by atoms with Gasteiger partial charge in [-0.2, -0.15) is 5.10 Å². The van der Waals surface area contributed by atoms with Crippen molar-refractivity contribution in [1.82, 2.24) is 20.0 Å². The summed E-state index contributed by atoms with van der Waals surface area (Å²) in [5, 5.41) is 14.5. The van der Waals surface area contributed by atoms with Crippen molar-refractivity contribution in [3.05, 3.63) is 42.1 Å². The Labute approximate surface area is 156 Å². The molecule has 9 nitrogen and oxygen atoms in total. The summed E-state index contributed by atoms with van der Waals surface area (Å²) in [5.41, 5.74) is 1.33. The van der Waals surface area contributed by atoms with E-state index in [9.17, 15) is 13.2 Å².